The van der Waals surface area contributed by atoms with Gasteiger partial charge in [-0.3, -0.25) is 14.4 Å². The van der Waals surface area contributed by atoms with Crippen molar-refractivity contribution in [1.29, 1.82) is 0 Å². The van der Waals surface area contributed by atoms with Crippen molar-refractivity contribution in [3.8, 4) is 0 Å². The quantitative estimate of drug-likeness (QED) is 0.0800. The largest absolute Gasteiger partial charge is 0.469 e. The van der Waals surface area contributed by atoms with E-state index in [9.17, 15) is 22.8 Å². The first kappa shape index (κ1) is 33.7. The van der Waals surface area contributed by atoms with E-state index >= 15 is 0 Å². The van der Waals surface area contributed by atoms with Crippen molar-refractivity contribution in [2.45, 2.75) is 69.8 Å². The monoisotopic (exact) mass is 594 g/mol. The third-order valence-corrected chi connectivity index (χ3v) is 7.39. The second-order valence-electron chi connectivity index (χ2n) is 9.38. The highest BCUT2D eigenvalue weighted by Crippen LogP contribution is 2.19. The molecule has 5 atom stereocenters. The summed E-state index contributed by atoms with van der Waals surface area (Å²) in [5.74, 6) is -1.79. The first-order chi connectivity index (χ1) is 19.4. The van der Waals surface area contributed by atoms with Crippen LogP contribution in [0.1, 0.15) is 39.2 Å². The van der Waals surface area contributed by atoms with E-state index < -0.39 is 58.2 Å². The van der Waals surface area contributed by atoms with Gasteiger partial charge in [0.05, 0.1) is 36.8 Å². The van der Waals surface area contributed by atoms with Crippen LogP contribution in [0.3, 0.4) is 0 Å². The van der Waals surface area contributed by atoms with Crippen molar-refractivity contribution in [2.24, 2.45) is 11.1 Å². The molecule has 1 aromatic rings. The smallest absolute Gasteiger partial charge is 0.309 e. The van der Waals surface area contributed by atoms with Crippen molar-refractivity contribution in [3.05, 3.63) is 54.1 Å². The van der Waals surface area contributed by atoms with Crippen LogP contribution >= 0.6 is 0 Å². The number of esters is 3. The molecule has 1 aliphatic rings. The van der Waals surface area contributed by atoms with E-state index in [-0.39, 0.29) is 24.5 Å². The van der Waals surface area contributed by atoms with E-state index in [2.05, 4.69) is 14.6 Å². The molecule has 12 nitrogen and oxygen atoms in total. The van der Waals surface area contributed by atoms with Gasteiger partial charge in [-0.15, -0.1) is 0 Å². The fourth-order valence-electron chi connectivity index (χ4n) is 3.66. The maximum absolute atomic E-state index is 13.0. The number of oxime groups is 1. The number of benzene rings is 1. The maximum Gasteiger partial charge on any atom is 0.309 e. The molecule has 0 unspecified atom stereocenters. The normalized spacial score (nSPS) is 20.5. The lowest BCUT2D eigenvalue weighted by Gasteiger charge is -2.31. The molecule has 2 rings (SSSR count). The average Bonchev–Trinajstić information content (AvgIpc) is 2.91. The van der Waals surface area contributed by atoms with E-state index in [4.69, 9.17) is 19.0 Å². The zero-order valence-corrected chi connectivity index (χ0v) is 24.7. The minimum Gasteiger partial charge on any atom is -0.469 e. The summed E-state index contributed by atoms with van der Waals surface area (Å²) in [5.41, 5.74) is 0.922. The minimum atomic E-state index is -3.88. The van der Waals surface area contributed by atoms with Crippen LogP contribution in [0.5, 0.6) is 0 Å². The molecule has 1 aliphatic heterocycles. The Labute approximate surface area is 240 Å². The fourth-order valence-corrected chi connectivity index (χ4v) is 4.92. The highest BCUT2D eigenvalue weighted by Gasteiger charge is 2.30. The summed E-state index contributed by atoms with van der Waals surface area (Å²) in [7, 11) is -2.60. The number of sulfonamides is 1. The van der Waals surface area contributed by atoms with Crippen LogP contribution in [0.2, 0.25) is 0 Å². The molecule has 0 fully saturated rings. The molecular weight excluding hydrogens is 556 g/mol. The number of carbonyl (C=O) groups is 3. The first-order valence-corrected chi connectivity index (χ1v) is 14.5. The number of aryl methyl sites for hydroxylation is 1. The van der Waals surface area contributed by atoms with Crippen LogP contribution in [0.25, 0.3) is 0 Å². The number of ether oxygens (including phenoxy) is 4. The summed E-state index contributed by atoms with van der Waals surface area (Å²) in [5, 5.41) is 3.97. The molecule has 0 saturated carbocycles. The van der Waals surface area contributed by atoms with Gasteiger partial charge < -0.3 is 23.8 Å². The number of nitrogens with one attached hydrogen (secondary N) is 1. The highest BCUT2D eigenvalue weighted by molar-refractivity contribution is 7.89. The molecule has 0 saturated heterocycles. The molecule has 0 amide bonds. The first-order valence-electron chi connectivity index (χ1n) is 13.0. The van der Waals surface area contributed by atoms with Gasteiger partial charge in [0.1, 0.15) is 25.4 Å². The number of nitrogens with zero attached hydrogens (tertiary/aromatic N) is 1. The van der Waals surface area contributed by atoms with E-state index in [0.29, 0.717) is 6.42 Å². The molecule has 0 aliphatic carbocycles. The lowest BCUT2D eigenvalue weighted by atomic mass is 10.0. The van der Waals surface area contributed by atoms with Crippen LogP contribution in [0.4, 0.5) is 0 Å². The van der Waals surface area contributed by atoms with Gasteiger partial charge in [-0.25, -0.2) is 13.1 Å². The molecule has 13 heteroatoms. The van der Waals surface area contributed by atoms with Gasteiger partial charge >= 0.3 is 17.9 Å². The Hall–Kier alpha value is -3.55. The zero-order valence-electron chi connectivity index (χ0n) is 23.8. The predicted molar refractivity (Wildman–Crippen MR) is 149 cm³/mol. The summed E-state index contributed by atoms with van der Waals surface area (Å²) in [6, 6.07) is 5.64. The van der Waals surface area contributed by atoms with E-state index in [1.165, 1.54) is 39.3 Å². The Balaban J connectivity index is 2.04. The van der Waals surface area contributed by atoms with E-state index in [1.807, 2.05) is 6.92 Å². The topological polar surface area (TPSA) is 156 Å². The van der Waals surface area contributed by atoms with Gasteiger partial charge in [0.2, 0.25) is 10.0 Å². The lowest BCUT2D eigenvalue weighted by Crippen LogP contribution is -2.41. The lowest BCUT2D eigenvalue weighted by molar-refractivity contribution is -0.164. The second-order valence-corrected chi connectivity index (χ2v) is 11.1. The van der Waals surface area contributed by atoms with Crippen molar-refractivity contribution in [1.82, 2.24) is 4.72 Å². The number of hydrogen-bond acceptors (Lipinski definition) is 11. The number of methoxy groups -OCH3 is 1. The minimum absolute atomic E-state index is 0.0393. The number of hydrogen-bond donors (Lipinski definition) is 1. The van der Waals surface area contributed by atoms with Gasteiger partial charge in [0.15, 0.2) is 0 Å². The number of rotatable bonds is 15. The van der Waals surface area contributed by atoms with Gasteiger partial charge in [-0.05, 0) is 31.1 Å². The molecule has 1 heterocycles. The highest BCUT2D eigenvalue weighted by atomic mass is 32.2. The molecule has 1 N–H and O–H groups in total. The number of carbonyl (C=O) groups excluding carboxylic acids is 3. The van der Waals surface area contributed by atoms with Gasteiger partial charge in [-0.2, -0.15) is 0 Å². The molecule has 41 heavy (non-hydrogen) atoms. The Morgan fingerprint density at radius 3 is 2.46 bits per heavy atom. The molecule has 226 valence electrons. The molecule has 0 spiro atoms. The Bertz CT molecular complexity index is 1210. The standard InChI is InChI=1S/C28H38N2O10S/c1-19-9-12-24(13-10-19)41(34,35)30-25(20(2)7-6-8-28(33)36-5)17-29-38-16-15-23-11-14-26(39-22(4)32)27(40-23)18-37-21(3)31/h6-7,9-14,17,20,23,25-27,30H,8,15-16,18H2,1-5H3/b7-6+,29-17+/t20-,23+,25-,26+,27-/m1/s1. The summed E-state index contributed by atoms with van der Waals surface area (Å²) in [6.45, 7) is 6.21. The van der Waals surface area contributed by atoms with Crippen molar-refractivity contribution in [2.75, 3.05) is 20.3 Å². The van der Waals surface area contributed by atoms with E-state index in [1.54, 1.807) is 43.4 Å². The van der Waals surface area contributed by atoms with Crippen LogP contribution in [0.15, 0.2) is 58.6 Å². The maximum atomic E-state index is 13.0. The summed E-state index contributed by atoms with van der Waals surface area (Å²) < 4.78 is 49.4. The Kier molecular flexibility index (Phi) is 13.7. The average molecular weight is 595 g/mol. The summed E-state index contributed by atoms with van der Waals surface area (Å²) in [4.78, 5) is 39.5. The second kappa shape index (κ2) is 16.7. The summed E-state index contributed by atoms with van der Waals surface area (Å²) >= 11 is 0. The van der Waals surface area contributed by atoms with Crippen molar-refractivity contribution >= 4 is 34.1 Å². The third-order valence-electron chi connectivity index (χ3n) is 5.91. The van der Waals surface area contributed by atoms with Gasteiger partial charge in [0, 0.05) is 20.3 Å². The van der Waals surface area contributed by atoms with E-state index in [0.717, 1.165) is 5.56 Å². The molecule has 1 aromatic carbocycles. The van der Waals surface area contributed by atoms with Crippen LogP contribution < -0.4 is 4.72 Å². The molecule has 0 radical (unpaired) electrons. The Morgan fingerprint density at radius 1 is 1.12 bits per heavy atom. The SMILES string of the molecule is COC(=O)C/C=C/[C@@H](C)[C@@H](/C=N/OCC[C@@H]1C=C[C@H](OC(C)=O)[C@@H](COC(C)=O)O1)NS(=O)(=O)c1ccc(C)cc1. The fraction of sp³-hybridized carbons (Fsp3) is 0.500. The van der Waals surface area contributed by atoms with Gasteiger partial charge in [0.25, 0.3) is 0 Å². The van der Waals surface area contributed by atoms with Crippen molar-refractivity contribution < 1.29 is 46.6 Å². The third kappa shape index (κ3) is 12.2. The zero-order chi connectivity index (χ0) is 30.4. The molecule has 0 aromatic heterocycles. The Morgan fingerprint density at radius 2 is 1.83 bits per heavy atom. The molecular formula is C28H38N2O10S. The van der Waals surface area contributed by atoms with Crippen LogP contribution in [-0.2, 0) is 48.2 Å². The molecule has 0 bridgehead atoms. The van der Waals surface area contributed by atoms with Crippen LogP contribution in [-0.4, -0.2) is 77.2 Å². The van der Waals surface area contributed by atoms with Crippen LogP contribution in [0, 0.1) is 12.8 Å². The van der Waals surface area contributed by atoms with Crippen molar-refractivity contribution in [3.63, 3.8) is 0 Å². The predicted octanol–water partition coefficient (Wildman–Crippen LogP) is 2.61. The van der Waals surface area contributed by atoms with Gasteiger partial charge in [-0.1, -0.05) is 48.0 Å². The summed E-state index contributed by atoms with van der Waals surface area (Å²) in [6.07, 6.45) is 6.63.